The van der Waals surface area contributed by atoms with E-state index in [1.807, 2.05) is 0 Å². The minimum atomic E-state index is -0.650. The number of aliphatic hydroxyl groups excluding tert-OH is 1. The SMILES string of the molecule is C=C1CC(O)C(=C)N1O. The van der Waals surface area contributed by atoms with Crippen molar-refractivity contribution in [1.82, 2.24) is 5.06 Å². The van der Waals surface area contributed by atoms with Gasteiger partial charge in [0, 0.05) is 12.1 Å². The summed E-state index contributed by atoms with van der Waals surface area (Å²) in [5, 5.41) is 18.7. The number of nitrogens with zero attached hydrogens (tertiary/aromatic N) is 1. The topological polar surface area (TPSA) is 43.7 Å². The van der Waals surface area contributed by atoms with Gasteiger partial charge in [-0.05, 0) is 0 Å². The van der Waals surface area contributed by atoms with Gasteiger partial charge in [0.15, 0.2) is 0 Å². The predicted octanol–water partition coefficient (Wildman–Crippen LogP) is 0.470. The van der Waals surface area contributed by atoms with Crippen LogP contribution in [0.4, 0.5) is 0 Å². The molecule has 0 bridgehead atoms. The van der Waals surface area contributed by atoms with Crippen LogP contribution in [0.5, 0.6) is 0 Å². The van der Waals surface area contributed by atoms with Gasteiger partial charge in [0.2, 0.25) is 0 Å². The highest BCUT2D eigenvalue weighted by molar-refractivity contribution is 5.17. The average Bonchev–Trinajstić information content (AvgIpc) is 1.98. The van der Waals surface area contributed by atoms with E-state index >= 15 is 0 Å². The van der Waals surface area contributed by atoms with Gasteiger partial charge in [-0.3, -0.25) is 5.21 Å². The van der Waals surface area contributed by atoms with Crippen molar-refractivity contribution in [2.75, 3.05) is 0 Å². The molecule has 1 saturated heterocycles. The third kappa shape index (κ3) is 0.843. The van der Waals surface area contributed by atoms with Crippen molar-refractivity contribution in [3.05, 3.63) is 24.6 Å². The molecule has 1 atom stereocenters. The lowest BCUT2D eigenvalue weighted by atomic mass is 10.2. The van der Waals surface area contributed by atoms with Gasteiger partial charge in [0.25, 0.3) is 0 Å². The van der Waals surface area contributed by atoms with Crippen molar-refractivity contribution < 1.29 is 10.3 Å². The van der Waals surface area contributed by atoms with Crippen LogP contribution >= 0.6 is 0 Å². The van der Waals surface area contributed by atoms with Gasteiger partial charge in [-0.15, -0.1) is 0 Å². The van der Waals surface area contributed by atoms with Crippen LogP contribution in [0, 0.1) is 0 Å². The monoisotopic (exact) mass is 127 g/mol. The van der Waals surface area contributed by atoms with Gasteiger partial charge in [-0.25, -0.2) is 5.06 Å². The molecule has 0 amide bonds. The summed E-state index contributed by atoms with van der Waals surface area (Å²) in [6.45, 7) is 6.92. The number of hydrogen-bond acceptors (Lipinski definition) is 3. The van der Waals surface area contributed by atoms with E-state index < -0.39 is 6.10 Å². The predicted molar refractivity (Wildman–Crippen MR) is 32.5 cm³/mol. The Bertz CT molecular complexity index is 164. The number of aliphatic hydroxyl groups is 1. The van der Waals surface area contributed by atoms with Crippen molar-refractivity contribution in [2.24, 2.45) is 0 Å². The Balaban J connectivity index is 2.77. The van der Waals surface area contributed by atoms with Crippen molar-refractivity contribution in [2.45, 2.75) is 12.5 Å². The van der Waals surface area contributed by atoms with Crippen LogP contribution in [0.25, 0.3) is 0 Å². The van der Waals surface area contributed by atoms with Gasteiger partial charge < -0.3 is 5.11 Å². The van der Waals surface area contributed by atoms with Gasteiger partial charge in [-0.2, -0.15) is 0 Å². The second-order valence-electron chi connectivity index (χ2n) is 2.09. The van der Waals surface area contributed by atoms with E-state index in [2.05, 4.69) is 13.2 Å². The van der Waals surface area contributed by atoms with Crippen LogP contribution in [0.3, 0.4) is 0 Å². The molecule has 9 heavy (non-hydrogen) atoms. The second-order valence-corrected chi connectivity index (χ2v) is 2.09. The fourth-order valence-electron chi connectivity index (χ4n) is 0.772. The van der Waals surface area contributed by atoms with E-state index in [0.29, 0.717) is 17.8 Å². The van der Waals surface area contributed by atoms with Crippen LogP contribution in [0.1, 0.15) is 6.42 Å². The van der Waals surface area contributed by atoms with E-state index in [1.165, 1.54) is 0 Å². The Morgan fingerprint density at radius 3 is 2.22 bits per heavy atom. The third-order valence-electron chi connectivity index (χ3n) is 1.39. The number of hydrogen-bond donors (Lipinski definition) is 2. The lowest BCUT2D eigenvalue weighted by Crippen LogP contribution is -2.12. The zero-order valence-corrected chi connectivity index (χ0v) is 5.04. The van der Waals surface area contributed by atoms with Gasteiger partial charge in [0.05, 0.1) is 5.70 Å². The molecule has 1 unspecified atom stereocenters. The molecule has 0 saturated carbocycles. The van der Waals surface area contributed by atoms with Crippen LogP contribution in [-0.4, -0.2) is 21.5 Å². The molecular formula is C6H9NO2. The largest absolute Gasteiger partial charge is 0.386 e. The molecule has 0 aromatic carbocycles. The summed E-state index contributed by atoms with van der Waals surface area (Å²) >= 11 is 0. The highest BCUT2D eigenvalue weighted by Crippen LogP contribution is 2.25. The van der Waals surface area contributed by atoms with E-state index in [4.69, 9.17) is 10.3 Å². The zero-order chi connectivity index (χ0) is 7.02. The maximum absolute atomic E-state index is 8.98. The summed E-state index contributed by atoms with van der Waals surface area (Å²) in [6.07, 6.45) is -0.266. The third-order valence-corrected chi connectivity index (χ3v) is 1.39. The highest BCUT2D eigenvalue weighted by atomic mass is 16.5. The summed E-state index contributed by atoms with van der Waals surface area (Å²) in [6, 6.07) is 0. The maximum Gasteiger partial charge on any atom is 0.101 e. The average molecular weight is 127 g/mol. The summed E-state index contributed by atoms with van der Waals surface area (Å²) in [4.78, 5) is 0. The molecule has 3 nitrogen and oxygen atoms in total. The lowest BCUT2D eigenvalue weighted by Gasteiger charge is -2.09. The fraction of sp³-hybridized carbons (Fsp3) is 0.333. The number of rotatable bonds is 0. The first-order chi connectivity index (χ1) is 4.13. The summed E-state index contributed by atoms with van der Waals surface area (Å²) in [7, 11) is 0. The summed E-state index contributed by atoms with van der Waals surface area (Å²) < 4.78 is 0. The van der Waals surface area contributed by atoms with Gasteiger partial charge >= 0.3 is 0 Å². The Kier molecular flexibility index (Phi) is 1.31. The van der Waals surface area contributed by atoms with Gasteiger partial charge in [0.1, 0.15) is 6.10 Å². The summed E-state index contributed by atoms with van der Waals surface area (Å²) in [5.74, 6) is 0. The van der Waals surface area contributed by atoms with Crippen LogP contribution in [0.2, 0.25) is 0 Å². The molecule has 0 radical (unpaired) electrons. The molecule has 1 fully saturated rings. The molecule has 0 aromatic heterocycles. The molecule has 0 spiro atoms. The smallest absolute Gasteiger partial charge is 0.101 e. The van der Waals surface area contributed by atoms with Crippen LogP contribution in [0.15, 0.2) is 24.6 Å². The Hall–Kier alpha value is -0.800. The van der Waals surface area contributed by atoms with Crippen molar-refractivity contribution >= 4 is 0 Å². The molecule has 1 rings (SSSR count). The van der Waals surface area contributed by atoms with E-state index in [0.717, 1.165) is 5.06 Å². The molecule has 0 aliphatic carbocycles. The van der Waals surface area contributed by atoms with Gasteiger partial charge in [-0.1, -0.05) is 13.2 Å². The lowest BCUT2D eigenvalue weighted by molar-refractivity contribution is -0.0146. The van der Waals surface area contributed by atoms with Crippen molar-refractivity contribution in [3.8, 4) is 0 Å². The van der Waals surface area contributed by atoms with Crippen molar-refractivity contribution in [3.63, 3.8) is 0 Å². The molecule has 3 heteroatoms. The molecule has 1 aliphatic heterocycles. The summed E-state index contributed by atoms with van der Waals surface area (Å²) in [5.41, 5.74) is 0.799. The number of hydroxylamine groups is 2. The van der Waals surface area contributed by atoms with E-state index in [1.54, 1.807) is 0 Å². The molecule has 1 aliphatic rings. The Morgan fingerprint density at radius 1 is 1.56 bits per heavy atom. The fourth-order valence-corrected chi connectivity index (χ4v) is 0.772. The zero-order valence-electron chi connectivity index (χ0n) is 5.04. The maximum atomic E-state index is 8.98. The molecule has 50 valence electrons. The van der Waals surface area contributed by atoms with Crippen LogP contribution in [-0.2, 0) is 0 Å². The van der Waals surface area contributed by atoms with E-state index in [-0.39, 0.29) is 0 Å². The van der Waals surface area contributed by atoms with Crippen molar-refractivity contribution in [1.29, 1.82) is 0 Å². The first-order valence-corrected chi connectivity index (χ1v) is 2.66. The highest BCUT2D eigenvalue weighted by Gasteiger charge is 2.25. The second kappa shape index (κ2) is 1.86. The molecular weight excluding hydrogens is 118 g/mol. The molecule has 0 aromatic rings. The Morgan fingerprint density at radius 2 is 2.11 bits per heavy atom. The Labute approximate surface area is 53.5 Å². The normalized spacial score (nSPS) is 27.8. The standard InChI is InChI=1S/C6H9NO2/c1-4-3-6(8)5(2)7(4)9/h6,8-9H,1-3H2. The molecule has 1 heterocycles. The first kappa shape index (κ1) is 6.32. The molecule has 2 N–H and O–H groups in total. The van der Waals surface area contributed by atoms with Crippen LogP contribution < -0.4 is 0 Å². The minimum Gasteiger partial charge on any atom is -0.386 e. The minimum absolute atomic E-state index is 0.306. The quantitative estimate of drug-likeness (QED) is 0.497. The first-order valence-electron chi connectivity index (χ1n) is 2.66. The van der Waals surface area contributed by atoms with E-state index in [9.17, 15) is 0 Å².